The second-order valence-electron chi connectivity index (χ2n) is 9.08. The lowest BCUT2D eigenvalue weighted by molar-refractivity contribution is -0.120. The van der Waals surface area contributed by atoms with Crippen LogP contribution in [0.2, 0.25) is 0 Å². The summed E-state index contributed by atoms with van der Waals surface area (Å²) in [4.78, 5) is 16.5. The van der Waals surface area contributed by atoms with E-state index < -0.39 is 12.7 Å². The smallest absolute Gasteiger partial charge is 0.224 e. The van der Waals surface area contributed by atoms with Gasteiger partial charge in [-0.25, -0.2) is 4.98 Å². The highest BCUT2D eigenvalue weighted by Gasteiger charge is 2.21. The van der Waals surface area contributed by atoms with Crippen LogP contribution in [0.4, 0.5) is 0 Å². The van der Waals surface area contributed by atoms with Crippen LogP contribution in [-0.2, 0) is 30.8 Å². The molecule has 5 N–H and O–H groups in total. The predicted octanol–water partition coefficient (Wildman–Crippen LogP) is 2.78. The van der Waals surface area contributed by atoms with E-state index in [0.29, 0.717) is 25.1 Å². The van der Waals surface area contributed by atoms with Crippen LogP contribution in [0.15, 0.2) is 66.7 Å². The molecule has 0 saturated carbocycles. The molecule has 0 radical (unpaired) electrons. The van der Waals surface area contributed by atoms with Gasteiger partial charge in [-0.2, -0.15) is 0 Å². The van der Waals surface area contributed by atoms with E-state index in [1.807, 2.05) is 68.4 Å². The van der Waals surface area contributed by atoms with Crippen molar-refractivity contribution >= 4 is 5.91 Å². The number of pyridine rings is 1. The molecule has 0 spiro atoms. The lowest BCUT2D eigenvalue weighted by Gasteiger charge is -2.28. The number of aliphatic hydroxyl groups excluding tert-OH is 2. The molecule has 180 valence electrons. The normalized spacial score (nSPS) is 12.4. The Labute approximate surface area is 200 Å². The van der Waals surface area contributed by atoms with Gasteiger partial charge < -0.3 is 26.0 Å². The highest BCUT2D eigenvalue weighted by molar-refractivity contribution is 5.78. The Morgan fingerprint density at radius 2 is 1.71 bits per heavy atom. The maximum absolute atomic E-state index is 12.4. The summed E-state index contributed by atoms with van der Waals surface area (Å²) in [5, 5.41) is 35.7. The molecular weight excluding hydrogens is 430 g/mol. The van der Waals surface area contributed by atoms with E-state index in [0.717, 1.165) is 16.7 Å². The van der Waals surface area contributed by atoms with Gasteiger partial charge in [0.15, 0.2) is 0 Å². The minimum absolute atomic E-state index is 0.0230. The number of hydrogen-bond acceptors (Lipinski definition) is 6. The van der Waals surface area contributed by atoms with Gasteiger partial charge in [-0.05, 0) is 49.1 Å². The largest absolute Gasteiger partial charge is 0.506 e. The number of nitrogens with one attached hydrogen (secondary N) is 2. The maximum Gasteiger partial charge on any atom is 0.224 e. The van der Waals surface area contributed by atoms with Crippen LogP contribution >= 0.6 is 0 Å². The standard InChI is InChI=1S/C27H33N3O4/c1-27(2,29-17-25(33)22-11-12-24(32)23(18-31)30-22)15-21-10-6-9-20(13-21)14-26(34)28-16-19-7-4-3-5-8-19/h3-13,25,29,31-33H,14-18H2,1-2H3,(H,28,34). The van der Waals surface area contributed by atoms with Gasteiger partial charge in [0.05, 0.1) is 18.7 Å². The molecule has 0 fully saturated rings. The van der Waals surface area contributed by atoms with Gasteiger partial charge in [-0.3, -0.25) is 4.79 Å². The van der Waals surface area contributed by atoms with Crippen molar-refractivity contribution in [2.45, 2.75) is 51.5 Å². The number of nitrogens with zero attached hydrogens (tertiary/aromatic N) is 1. The fraction of sp³-hybridized carbons (Fsp3) is 0.333. The van der Waals surface area contributed by atoms with Crippen molar-refractivity contribution in [3.63, 3.8) is 0 Å². The Kier molecular flexibility index (Phi) is 8.76. The van der Waals surface area contributed by atoms with Crippen molar-refractivity contribution < 1.29 is 20.1 Å². The van der Waals surface area contributed by atoms with Crippen LogP contribution in [0.3, 0.4) is 0 Å². The highest BCUT2D eigenvalue weighted by atomic mass is 16.3. The number of aromatic nitrogens is 1. The summed E-state index contributed by atoms with van der Waals surface area (Å²) in [7, 11) is 0. The first-order chi connectivity index (χ1) is 16.3. The molecule has 7 nitrogen and oxygen atoms in total. The molecule has 0 saturated heterocycles. The predicted molar refractivity (Wildman–Crippen MR) is 131 cm³/mol. The Morgan fingerprint density at radius 1 is 1.00 bits per heavy atom. The molecule has 0 bridgehead atoms. The first kappa shape index (κ1) is 25.4. The monoisotopic (exact) mass is 463 g/mol. The van der Waals surface area contributed by atoms with Crippen LogP contribution in [0.1, 0.15) is 48.0 Å². The molecule has 1 aromatic heterocycles. The van der Waals surface area contributed by atoms with E-state index in [1.165, 1.54) is 6.07 Å². The maximum atomic E-state index is 12.4. The lowest BCUT2D eigenvalue weighted by Crippen LogP contribution is -2.43. The average Bonchev–Trinajstić information content (AvgIpc) is 2.82. The van der Waals surface area contributed by atoms with E-state index >= 15 is 0 Å². The third kappa shape index (κ3) is 7.66. The van der Waals surface area contributed by atoms with Crippen LogP contribution in [0, 0.1) is 0 Å². The summed E-state index contributed by atoms with van der Waals surface area (Å²) >= 11 is 0. The number of carbonyl (C=O) groups excluding carboxylic acids is 1. The van der Waals surface area contributed by atoms with E-state index in [1.54, 1.807) is 6.07 Å². The van der Waals surface area contributed by atoms with Gasteiger partial charge in [-0.1, -0.05) is 54.6 Å². The minimum atomic E-state index is -0.884. The van der Waals surface area contributed by atoms with E-state index in [4.69, 9.17) is 0 Å². The number of amides is 1. The molecule has 34 heavy (non-hydrogen) atoms. The number of benzene rings is 2. The van der Waals surface area contributed by atoms with E-state index in [9.17, 15) is 20.1 Å². The molecule has 1 unspecified atom stereocenters. The number of hydrogen-bond donors (Lipinski definition) is 5. The van der Waals surface area contributed by atoms with Crippen molar-refractivity contribution in [2.24, 2.45) is 0 Å². The molecule has 1 amide bonds. The molecule has 3 rings (SSSR count). The Bertz CT molecular complexity index is 1090. The molecule has 0 aliphatic rings. The summed E-state index contributed by atoms with van der Waals surface area (Å²) < 4.78 is 0. The third-order valence-electron chi connectivity index (χ3n) is 5.57. The molecule has 1 atom stereocenters. The molecule has 0 aliphatic carbocycles. The summed E-state index contributed by atoms with van der Waals surface area (Å²) in [6.45, 7) is 4.46. The van der Waals surface area contributed by atoms with Crippen LogP contribution in [0.25, 0.3) is 0 Å². The number of carbonyl (C=O) groups is 1. The zero-order valence-corrected chi connectivity index (χ0v) is 19.7. The van der Waals surface area contributed by atoms with Crippen molar-refractivity contribution in [1.82, 2.24) is 15.6 Å². The highest BCUT2D eigenvalue weighted by Crippen LogP contribution is 2.20. The van der Waals surface area contributed by atoms with Gasteiger partial charge in [-0.15, -0.1) is 0 Å². The summed E-state index contributed by atoms with van der Waals surface area (Å²) in [6, 6.07) is 20.8. The van der Waals surface area contributed by atoms with Crippen LogP contribution < -0.4 is 10.6 Å². The third-order valence-corrected chi connectivity index (χ3v) is 5.57. The molecule has 7 heteroatoms. The van der Waals surface area contributed by atoms with Crippen molar-refractivity contribution in [1.29, 1.82) is 0 Å². The fourth-order valence-electron chi connectivity index (χ4n) is 3.76. The molecular formula is C27H33N3O4. The fourth-order valence-corrected chi connectivity index (χ4v) is 3.76. The van der Waals surface area contributed by atoms with Crippen LogP contribution in [-0.4, -0.2) is 38.3 Å². The summed E-state index contributed by atoms with van der Waals surface area (Å²) in [6.07, 6.45) is 0.127. The second-order valence-corrected chi connectivity index (χ2v) is 9.08. The molecule has 0 aliphatic heterocycles. The summed E-state index contributed by atoms with van der Waals surface area (Å²) in [5.74, 6) is -0.120. The van der Waals surface area contributed by atoms with E-state index in [2.05, 4.69) is 15.6 Å². The zero-order chi connectivity index (χ0) is 24.6. The van der Waals surface area contributed by atoms with Gasteiger partial charge in [0, 0.05) is 18.6 Å². The Hall–Kier alpha value is -3.26. The number of aromatic hydroxyl groups is 1. The average molecular weight is 464 g/mol. The first-order valence-electron chi connectivity index (χ1n) is 11.4. The Morgan fingerprint density at radius 3 is 2.44 bits per heavy atom. The topological polar surface area (TPSA) is 115 Å². The van der Waals surface area contributed by atoms with Crippen molar-refractivity contribution in [3.05, 3.63) is 94.8 Å². The van der Waals surface area contributed by atoms with Crippen LogP contribution in [0.5, 0.6) is 5.75 Å². The molecule has 3 aromatic rings. The van der Waals surface area contributed by atoms with Crippen molar-refractivity contribution in [2.75, 3.05) is 6.54 Å². The quantitative estimate of drug-likeness (QED) is 0.299. The number of aliphatic hydroxyl groups is 2. The van der Waals surface area contributed by atoms with Gasteiger partial charge in [0.1, 0.15) is 17.5 Å². The zero-order valence-electron chi connectivity index (χ0n) is 19.7. The SMILES string of the molecule is CC(C)(Cc1cccc(CC(=O)NCc2ccccc2)c1)NCC(O)c1ccc(O)c(CO)n1. The van der Waals surface area contributed by atoms with Gasteiger partial charge in [0.25, 0.3) is 0 Å². The number of rotatable bonds is 11. The van der Waals surface area contributed by atoms with Gasteiger partial charge in [0.2, 0.25) is 5.91 Å². The van der Waals surface area contributed by atoms with Crippen molar-refractivity contribution in [3.8, 4) is 5.75 Å². The van der Waals surface area contributed by atoms with E-state index in [-0.39, 0.29) is 29.4 Å². The molecule has 2 aromatic carbocycles. The second kappa shape index (κ2) is 11.7. The van der Waals surface area contributed by atoms with Gasteiger partial charge >= 0.3 is 0 Å². The first-order valence-corrected chi connectivity index (χ1v) is 11.4. The lowest BCUT2D eigenvalue weighted by atomic mass is 9.93. The molecule has 1 heterocycles. The Balaban J connectivity index is 1.53. The minimum Gasteiger partial charge on any atom is -0.506 e. The number of β-amino-alcohol motifs (C(OH)–C–C–N with tert-alkyl or cyclic N) is 1. The summed E-state index contributed by atoms with van der Waals surface area (Å²) in [5.41, 5.74) is 3.30.